The number of primary sulfonamides is 1. The summed E-state index contributed by atoms with van der Waals surface area (Å²) in [5, 5.41) is 5.16. The maximum Gasteiger partial charge on any atom is 0.238 e. The van der Waals surface area contributed by atoms with Gasteiger partial charge in [0, 0.05) is 12.6 Å². The van der Waals surface area contributed by atoms with Crippen molar-refractivity contribution < 1.29 is 8.42 Å². The normalized spacial score (nSPS) is 26.8. The lowest BCUT2D eigenvalue weighted by Gasteiger charge is -2.30. The zero-order chi connectivity index (χ0) is 12.9. The molecule has 0 amide bonds. The smallest absolute Gasteiger partial charge is 0.238 e. The first-order chi connectivity index (χ1) is 8.45. The molecule has 3 rings (SSSR count). The van der Waals surface area contributed by atoms with Crippen LogP contribution in [0, 0.1) is 5.92 Å². The van der Waals surface area contributed by atoms with Gasteiger partial charge >= 0.3 is 0 Å². The van der Waals surface area contributed by atoms with Gasteiger partial charge in [-0.25, -0.2) is 13.6 Å². The molecule has 98 valence electrons. The average molecular weight is 267 g/mol. The molecule has 0 spiro atoms. The summed E-state index contributed by atoms with van der Waals surface area (Å²) in [6.07, 6.45) is 3.64. The van der Waals surface area contributed by atoms with Crippen LogP contribution in [-0.4, -0.2) is 21.0 Å². The lowest BCUT2D eigenvalue weighted by atomic mass is 10.1. The fourth-order valence-electron chi connectivity index (χ4n) is 3.17. The zero-order valence-electron chi connectivity index (χ0n) is 10.0. The molecule has 1 saturated heterocycles. The molecule has 1 aromatic rings. The van der Waals surface area contributed by atoms with E-state index in [0.717, 1.165) is 18.2 Å². The van der Waals surface area contributed by atoms with Crippen molar-refractivity contribution in [3.05, 3.63) is 18.2 Å². The second-order valence-electron chi connectivity index (χ2n) is 5.25. The molecule has 1 aliphatic carbocycles. The van der Waals surface area contributed by atoms with Crippen LogP contribution in [0.25, 0.3) is 0 Å². The van der Waals surface area contributed by atoms with E-state index in [2.05, 4.69) is 4.90 Å². The van der Waals surface area contributed by atoms with E-state index >= 15 is 0 Å². The van der Waals surface area contributed by atoms with Crippen molar-refractivity contribution in [3.63, 3.8) is 0 Å². The third-order valence-corrected chi connectivity index (χ3v) is 4.96. The van der Waals surface area contributed by atoms with E-state index in [0.29, 0.717) is 11.7 Å². The number of benzene rings is 1. The summed E-state index contributed by atoms with van der Waals surface area (Å²) in [6.45, 7) is 0.975. The summed E-state index contributed by atoms with van der Waals surface area (Å²) < 4.78 is 22.8. The Hall–Kier alpha value is -1.27. The van der Waals surface area contributed by atoms with Gasteiger partial charge in [-0.15, -0.1) is 0 Å². The molecule has 1 saturated carbocycles. The van der Waals surface area contributed by atoms with E-state index < -0.39 is 10.0 Å². The molecule has 0 radical (unpaired) electrons. The predicted molar refractivity (Wildman–Crippen MR) is 70.7 cm³/mol. The number of fused-ring (bicyclic) bond motifs is 2. The molecule has 2 unspecified atom stereocenters. The molecule has 1 heterocycles. The van der Waals surface area contributed by atoms with Crippen LogP contribution in [0.5, 0.6) is 0 Å². The third-order valence-electron chi connectivity index (χ3n) is 4.05. The molecule has 1 aliphatic heterocycles. The van der Waals surface area contributed by atoms with Gasteiger partial charge in [-0.05, 0) is 43.4 Å². The van der Waals surface area contributed by atoms with Gasteiger partial charge in [-0.2, -0.15) is 0 Å². The van der Waals surface area contributed by atoms with Crippen LogP contribution in [0.1, 0.15) is 19.3 Å². The van der Waals surface area contributed by atoms with Crippen LogP contribution in [0.2, 0.25) is 0 Å². The zero-order valence-corrected chi connectivity index (χ0v) is 10.9. The molecule has 2 fully saturated rings. The third kappa shape index (κ3) is 1.85. The number of rotatable bonds is 2. The van der Waals surface area contributed by atoms with Crippen LogP contribution < -0.4 is 15.8 Å². The molecule has 5 nitrogen and oxygen atoms in total. The fraction of sp³-hybridized carbons (Fsp3) is 0.500. The van der Waals surface area contributed by atoms with E-state index in [4.69, 9.17) is 10.9 Å². The molecule has 2 bridgehead atoms. The first-order valence-electron chi connectivity index (χ1n) is 6.14. The van der Waals surface area contributed by atoms with Crippen molar-refractivity contribution in [2.45, 2.75) is 30.2 Å². The maximum atomic E-state index is 11.4. The summed E-state index contributed by atoms with van der Waals surface area (Å²) in [6, 6.07) is 5.20. The quantitative estimate of drug-likeness (QED) is 0.779. The summed E-state index contributed by atoms with van der Waals surface area (Å²) in [4.78, 5) is 2.37. The van der Waals surface area contributed by atoms with E-state index in [-0.39, 0.29) is 4.90 Å². The largest absolute Gasteiger partial charge is 0.397 e. The average Bonchev–Trinajstić information content (AvgIpc) is 2.89. The summed E-state index contributed by atoms with van der Waals surface area (Å²) >= 11 is 0. The van der Waals surface area contributed by atoms with Crippen molar-refractivity contribution in [2.24, 2.45) is 11.1 Å². The Balaban J connectivity index is 2.01. The number of nitrogens with two attached hydrogens (primary N) is 2. The van der Waals surface area contributed by atoms with E-state index in [1.807, 2.05) is 0 Å². The Bertz CT molecular complexity index is 585. The number of hydrogen-bond donors (Lipinski definition) is 2. The van der Waals surface area contributed by atoms with Crippen molar-refractivity contribution in [1.82, 2.24) is 0 Å². The Labute approximate surface area is 107 Å². The minimum Gasteiger partial charge on any atom is -0.397 e. The van der Waals surface area contributed by atoms with E-state index in [1.54, 1.807) is 12.1 Å². The summed E-state index contributed by atoms with van der Waals surface area (Å²) in [5.74, 6) is 0.729. The lowest BCUT2D eigenvalue weighted by molar-refractivity contribution is 0.553. The monoisotopic (exact) mass is 267 g/mol. The first kappa shape index (κ1) is 11.8. The minimum atomic E-state index is -3.67. The Morgan fingerprint density at radius 1 is 1.28 bits per heavy atom. The van der Waals surface area contributed by atoms with Gasteiger partial charge in [0.15, 0.2) is 0 Å². The van der Waals surface area contributed by atoms with Gasteiger partial charge in [0.1, 0.15) is 0 Å². The number of anilines is 2. The van der Waals surface area contributed by atoms with E-state index in [9.17, 15) is 8.42 Å². The summed E-state index contributed by atoms with van der Waals surface area (Å²) in [5.41, 5.74) is 7.40. The Kier molecular flexibility index (Phi) is 2.53. The van der Waals surface area contributed by atoms with Gasteiger partial charge < -0.3 is 10.6 Å². The second kappa shape index (κ2) is 3.86. The lowest BCUT2D eigenvalue weighted by Crippen LogP contribution is -2.32. The van der Waals surface area contributed by atoms with Crippen LogP contribution in [0.15, 0.2) is 23.1 Å². The molecular weight excluding hydrogens is 250 g/mol. The Morgan fingerprint density at radius 3 is 2.61 bits per heavy atom. The van der Waals surface area contributed by atoms with E-state index in [1.165, 1.54) is 25.3 Å². The standard InChI is InChI=1S/C12H17N3O2S/c13-11-4-3-10(18(14,16)17)6-12(11)15-7-8-1-2-9(15)5-8/h3-4,6,8-9H,1-2,5,7,13H2,(H2,14,16,17). The van der Waals surface area contributed by atoms with Crippen molar-refractivity contribution in [3.8, 4) is 0 Å². The summed E-state index contributed by atoms with van der Waals surface area (Å²) in [7, 11) is -3.67. The molecule has 1 aromatic carbocycles. The topological polar surface area (TPSA) is 89.4 Å². The molecular formula is C12H17N3O2S. The number of hydrogen-bond acceptors (Lipinski definition) is 4. The van der Waals surface area contributed by atoms with Gasteiger partial charge in [-0.3, -0.25) is 0 Å². The number of piperidine rings is 1. The maximum absolute atomic E-state index is 11.4. The number of sulfonamides is 1. The Morgan fingerprint density at radius 2 is 2.06 bits per heavy atom. The van der Waals surface area contributed by atoms with Crippen LogP contribution in [0.3, 0.4) is 0 Å². The highest BCUT2D eigenvalue weighted by molar-refractivity contribution is 7.89. The predicted octanol–water partition coefficient (Wildman–Crippen LogP) is 0.905. The van der Waals surface area contributed by atoms with Crippen LogP contribution >= 0.6 is 0 Å². The number of nitrogen functional groups attached to an aromatic ring is 1. The molecule has 4 N–H and O–H groups in total. The first-order valence-corrected chi connectivity index (χ1v) is 7.69. The molecule has 18 heavy (non-hydrogen) atoms. The molecule has 0 aromatic heterocycles. The van der Waals surface area contributed by atoms with Gasteiger partial charge in [0.25, 0.3) is 0 Å². The molecule has 6 heteroatoms. The second-order valence-corrected chi connectivity index (χ2v) is 6.81. The highest BCUT2D eigenvalue weighted by Crippen LogP contribution is 2.42. The highest BCUT2D eigenvalue weighted by atomic mass is 32.2. The van der Waals surface area contributed by atoms with Crippen LogP contribution in [-0.2, 0) is 10.0 Å². The van der Waals surface area contributed by atoms with Crippen molar-refractivity contribution in [2.75, 3.05) is 17.2 Å². The van der Waals surface area contributed by atoms with Gasteiger partial charge in [-0.1, -0.05) is 0 Å². The molecule has 2 atom stereocenters. The molecule has 2 aliphatic rings. The number of nitrogens with zero attached hydrogens (tertiary/aromatic N) is 1. The van der Waals surface area contributed by atoms with Gasteiger partial charge in [0.05, 0.1) is 16.3 Å². The van der Waals surface area contributed by atoms with Crippen molar-refractivity contribution >= 4 is 21.4 Å². The van der Waals surface area contributed by atoms with Crippen LogP contribution in [0.4, 0.5) is 11.4 Å². The SMILES string of the molecule is Nc1ccc(S(N)(=O)=O)cc1N1CC2CCC1C2. The highest BCUT2D eigenvalue weighted by Gasteiger charge is 2.38. The van der Waals surface area contributed by atoms with Gasteiger partial charge in [0.2, 0.25) is 10.0 Å². The fourth-order valence-corrected chi connectivity index (χ4v) is 3.70. The minimum absolute atomic E-state index is 0.134. The van der Waals surface area contributed by atoms with Crippen molar-refractivity contribution in [1.29, 1.82) is 0 Å².